The van der Waals surface area contributed by atoms with E-state index in [4.69, 9.17) is 16.1 Å². The summed E-state index contributed by atoms with van der Waals surface area (Å²) in [7, 11) is 0. The van der Waals surface area contributed by atoms with Crippen LogP contribution in [0.3, 0.4) is 0 Å². The topological polar surface area (TPSA) is 51.8 Å². The molecular weight excluding hydrogens is 234 g/mol. The zero-order valence-corrected chi connectivity index (χ0v) is 10.2. The van der Waals surface area contributed by atoms with Gasteiger partial charge >= 0.3 is 0 Å². The van der Waals surface area contributed by atoms with Gasteiger partial charge in [0.25, 0.3) is 5.89 Å². The van der Waals surface area contributed by atoms with Gasteiger partial charge in [-0.15, -0.1) is 22.9 Å². The SMILES string of the molecule is Cc1nc(C)c(-c2nc(C(C)Cl)no2)s1. The number of nitrogens with zero attached hydrogens (tertiary/aromatic N) is 3. The van der Waals surface area contributed by atoms with Crippen molar-refractivity contribution in [2.45, 2.75) is 26.1 Å². The van der Waals surface area contributed by atoms with Gasteiger partial charge in [0.2, 0.25) is 0 Å². The Bertz CT molecular complexity index is 477. The molecule has 80 valence electrons. The Morgan fingerprint density at radius 2 is 2.07 bits per heavy atom. The van der Waals surface area contributed by atoms with Gasteiger partial charge in [-0.1, -0.05) is 5.16 Å². The number of aryl methyl sites for hydroxylation is 2. The van der Waals surface area contributed by atoms with E-state index >= 15 is 0 Å². The van der Waals surface area contributed by atoms with Crippen molar-refractivity contribution in [2.75, 3.05) is 0 Å². The van der Waals surface area contributed by atoms with Gasteiger partial charge < -0.3 is 4.52 Å². The van der Waals surface area contributed by atoms with Crippen LogP contribution in [-0.4, -0.2) is 15.1 Å². The van der Waals surface area contributed by atoms with Crippen molar-refractivity contribution < 1.29 is 4.52 Å². The average Bonchev–Trinajstić information content (AvgIpc) is 2.71. The molecule has 0 saturated heterocycles. The maximum atomic E-state index is 5.85. The normalized spacial score (nSPS) is 13.1. The van der Waals surface area contributed by atoms with Crippen molar-refractivity contribution in [3.63, 3.8) is 0 Å². The minimum Gasteiger partial charge on any atom is -0.333 e. The largest absolute Gasteiger partial charge is 0.333 e. The van der Waals surface area contributed by atoms with Crippen molar-refractivity contribution in [1.29, 1.82) is 0 Å². The number of hydrogen-bond acceptors (Lipinski definition) is 5. The molecule has 0 bridgehead atoms. The van der Waals surface area contributed by atoms with Gasteiger partial charge in [-0.2, -0.15) is 4.98 Å². The lowest BCUT2D eigenvalue weighted by atomic mass is 10.4. The van der Waals surface area contributed by atoms with Gasteiger partial charge in [-0.25, -0.2) is 4.98 Å². The van der Waals surface area contributed by atoms with E-state index < -0.39 is 0 Å². The van der Waals surface area contributed by atoms with Crippen LogP contribution in [0.25, 0.3) is 10.8 Å². The number of aromatic nitrogens is 3. The molecule has 2 rings (SSSR count). The Balaban J connectivity index is 2.41. The van der Waals surface area contributed by atoms with Crippen LogP contribution in [0, 0.1) is 13.8 Å². The summed E-state index contributed by atoms with van der Waals surface area (Å²) in [6, 6.07) is 0. The summed E-state index contributed by atoms with van der Waals surface area (Å²) >= 11 is 7.39. The number of hydrogen-bond donors (Lipinski definition) is 0. The summed E-state index contributed by atoms with van der Waals surface area (Å²) in [6.45, 7) is 5.68. The van der Waals surface area contributed by atoms with E-state index in [0.29, 0.717) is 11.7 Å². The second-order valence-corrected chi connectivity index (χ2v) is 5.08. The van der Waals surface area contributed by atoms with Gasteiger partial charge in [0, 0.05) is 0 Å². The molecule has 6 heteroatoms. The Labute approximate surface area is 96.3 Å². The fraction of sp³-hybridized carbons (Fsp3) is 0.444. The third kappa shape index (κ3) is 2.03. The zero-order chi connectivity index (χ0) is 11.0. The monoisotopic (exact) mass is 243 g/mol. The van der Waals surface area contributed by atoms with Crippen molar-refractivity contribution in [3.05, 3.63) is 16.5 Å². The summed E-state index contributed by atoms with van der Waals surface area (Å²) in [5, 5.41) is 4.55. The smallest absolute Gasteiger partial charge is 0.269 e. The molecule has 4 nitrogen and oxygen atoms in total. The maximum Gasteiger partial charge on any atom is 0.269 e. The Morgan fingerprint density at radius 1 is 1.33 bits per heavy atom. The van der Waals surface area contributed by atoms with Crippen LogP contribution in [0.4, 0.5) is 0 Å². The van der Waals surface area contributed by atoms with Crippen LogP contribution < -0.4 is 0 Å². The number of thiazole rings is 1. The zero-order valence-electron chi connectivity index (χ0n) is 8.61. The third-order valence-electron chi connectivity index (χ3n) is 1.90. The minimum atomic E-state index is -0.239. The summed E-state index contributed by atoms with van der Waals surface area (Å²) < 4.78 is 5.13. The van der Waals surface area contributed by atoms with E-state index in [9.17, 15) is 0 Å². The summed E-state index contributed by atoms with van der Waals surface area (Å²) in [5.41, 5.74) is 0.912. The van der Waals surface area contributed by atoms with E-state index in [0.717, 1.165) is 15.6 Å². The lowest BCUT2D eigenvalue weighted by Crippen LogP contribution is -1.86. The lowest BCUT2D eigenvalue weighted by molar-refractivity contribution is 0.423. The molecule has 0 saturated carbocycles. The lowest BCUT2D eigenvalue weighted by Gasteiger charge is -1.90. The molecule has 0 radical (unpaired) electrons. The van der Waals surface area contributed by atoms with Gasteiger partial charge in [-0.05, 0) is 20.8 Å². The highest BCUT2D eigenvalue weighted by Gasteiger charge is 2.16. The second kappa shape index (κ2) is 3.90. The molecule has 0 spiro atoms. The van der Waals surface area contributed by atoms with E-state index in [-0.39, 0.29) is 5.38 Å². The number of rotatable bonds is 2. The molecule has 1 atom stereocenters. The molecular formula is C9H10ClN3OS. The minimum absolute atomic E-state index is 0.239. The molecule has 1 unspecified atom stereocenters. The molecule has 0 N–H and O–H groups in total. The van der Waals surface area contributed by atoms with Crippen LogP contribution in [0.2, 0.25) is 0 Å². The Morgan fingerprint density at radius 3 is 2.53 bits per heavy atom. The summed E-state index contributed by atoms with van der Waals surface area (Å²) in [5.74, 6) is 1.01. The van der Waals surface area contributed by atoms with Crippen LogP contribution in [0.5, 0.6) is 0 Å². The maximum absolute atomic E-state index is 5.85. The van der Waals surface area contributed by atoms with Crippen molar-refractivity contribution in [1.82, 2.24) is 15.1 Å². The average molecular weight is 244 g/mol. The predicted molar refractivity (Wildman–Crippen MR) is 59.1 cm³/mol. The van der Waals surface area contributed by atoms with E-state index in [1.165, 1.54) is 0 Å². The van der Waals surface area contributed by atoms with E-state index in [2.05, 4.69) is 15.1 Å². The third-order valence-corrected chi connectivity index (χ3v) is 3.15. The van der Waals surface area contributed by atoms with Gasteiger partial charge in [0.15, 0.2) is 5.82 Å². The van der Waals surface area contributed by atoms with Crippen molar-refractivity contribution >= 4 is 22.9 Å². The predicted octanol–water partition coefficient (Wildman–Crippen LogP) is 3.11. The fourth-order valence-electron chi connectivity index (χ4n) is 1.22. The molecule has 0 fully saturated rings. The first kappa shape index (κ1) is 10.6. The van der Waals surface area contributed by atoms with Crippen molar-refractivity contribution in [3.8, 4) is 10.8 Å². The summed E-state index contributed by atoms with van der Waals surface area (Å²) in [4.78, 5) is 9.43. The van der Waals surface area contributed by atoms with E-state index in [1.54, 1.807) is 18.3 Å². The highest BCUT2D eigenvalue weighted by molar-refractivity contribution is 7.15. The molecule has 2 heterocycles. The molecule has 0 aliphatic carbocycles. The first-order valence-corrected chi connectivity index (χ1v) is 5.75. The molecule has 0 aliphatic heterocycles. The van der Waals surface area contributed by atoms with Gasteiger partial charge in [0.05, 0.1) is 16.1 Å². The second-order valence-electron chi connectivity index (χ2n) is 3.22. The van der Waals surface area contributed by atoms with Crippen LogP contribution in [-0.2, 0) is 0 Å². The highest BCUT2D eigenvalue weighted by atomic mass is 35.5. The first-order chi connectivity index (χ1) is 7.08. The molecule has 2 aromatic rings. The first-order valence-electron chi connectivity index (χ1n) is 4.50. The van der Waals surface area contributed by atoms with Crippen molar-refractivity contribution in [2.24, 2.45) is 0 Å². The fourth-order valence-corrected chi connectivity index (χ4v) is 2.15. The van der Waals surface area contributed by atoms with Crippen LogP contribution in [0.1, 0.15) is 28.8 Å². The van der Waals surface area contributed by atoms with E-state index in [1.807, 2.05) is 13.8 Å². The summed E-state index contributed by atoms with van der Waals surface area (Å²) in [6.07, 6.45) is 0. The van der Waals surface area contributed by atoms with Crippen LogP contribution >= 0.6 is 22.9 Å². The Kier molecular flexibility index (Phi) is 2.75. The van der Waals surface area contributed by atoms with Gasteiger partial charge in [0.1, 0.15) is 4.88 Å². The molecule has 0 amide bonds. The molecule has 0 aliphatic rings. The standard InChI is InChI=1S/C9H10ClN3OS/c1-4(10)8-12-9(14-13-8)7-5(2)11-6(3)15-7/h4H,1-3H3. The molecule has 0 aromatic carbocycles. The Hall–Kier alpha value is -0.940. The number of halogens is 1. The van der Waals surface area contributed by atoms with Crippen LogP contribution in [0.15, 0.2) is 4.52 Å². The molecule has 15 heavy (non-hydrogen) atoms. The molecule has 2 aromatic heterocycles. The number of alkyl halides is 1. The quantitative estimate of drug-likeness (QED) is 0.761. The van der Waals surface area contributed by atoms with Gasteiger partial charge in [-0.3, -0.25) is 0 Å². The highest BCUT2D eigenvalue weighted by Crippen LogP contribution is 2.29.